The van der Waals surface area contributed by atoms with Crippen molar-refractivity contribution < 1.29 is 18.7 Å². The van der Waals surface area contributed by atoms with Crippen molar-refractivity contribution in [3.63, 3.8) is 0 Å². The minimum Gasteiger partial charge on any atom is -0.481 e. The third kappa shape index (κ3) is 5.28. The Balaban J connectivity index is 1.43. The second-order valence-corrected chi connectivity index (χ2v) is 9.52. The molecule has 5 rings (SSSR count). The Hall–Kier alpha value is -4.32. The van der Waals surface area contributed by atoms with Crippen molar-refractivity contribution in [3.8, 4) is 5.75 Å². The van der Waals surface area contributed by atoms with Gasteiger partial charge in [0.1, 0.15) is 5.75 Å². The molecule has 0 saturated heterocycles. The number of aryl methyl sites for hydroxylation is 2. The van der Waals surface area contributed by atoms with Crippen molar-refractivity contribution in [1.82, 2.24) is 4.90 Å². The first-order valence-electron chi connectivity index (χ1n) is 12.5. The predicted molar refractivity (Wildman–Crippen MR) is 143 cm³/mol. The van der Waals surface area contributed by atoms with Gasteiger partial charge in [0.05, 0.1) is 12.3 Å². The molecule has 0 radical (unpaired) electrons. The van der Waals surface area contributed by atoms with Crippen molar-refractivity contribution in [3.05, 3.63) is 119 Å². The molecule has 188 valence electrons. The standard InChI is InChI=1S/C31H30N2O4/c1-20-9-12-25(13-10-20)32-30(34)22(3)37-26-14-11-23-15-16-33(31(35)28-8-5-17-36-28)29(27(23)19-26)24-7-4-6-21(2)18-24/h4-14,17-19,22,29H,15-16H2,1-3H3,(H,32,34). The number of rotatable bonds is 6. The number of amides is 2. The van der Waals surface area contributed by atoms with E-state index in [0.29, 0.717) is 24.5 Å². The monoisotopic (exact) mass is 494 g/mol. The van der Waals surface area contributed by atoms with Crippen LogP contribution >= 0.6 is 0 Å². The van der Waals surface area contributed by atoms with Crippen LogP contribution in [-0.2, 0) is 11.2 Å². The normalized spacial score (nSPS) is 15.5. The van der Waals surface area contributed by atoms with E-state index in [9.17, 15) is 9.59 Å². The van der Waals surface area contributed by atoms with E-state index in [1.54, 1.807) is 19.1 Å². The molecule has 6 nitrogen and oxygen atoms in total. The summed E-state index contributed by atoms with van der Waals surface area (Å²) in [5, 5.41) is 2.90. The summed E-state index contributed by atoms with van der Waals surface area (Å²) in [6.45, 7) is 6.34. The van der Waals surface area contributed by atoms with E-state index in [4.69, 9.17) is 9.15 Å². The molecule has 3 aromatic carbocycles. The molecule has 2 amide bonds. The summed E-state index contributed by atoms with van der Waals surface area (Å²) in [5.41, 5.74) is 6.12. The Morgan fingerprint density at radius 2 is 1.78 bits per heavy atom. The van der Waals surface area contributed by atoms with Crippen LogP contribution in [0.2, 0.25) is 0 Å². The molecule has 0 spiro atoms. The number of benzene rings is 3. The second kappa shape index (κ2) is 10.3. The maximum Gasteiger partial charge on any atom is 0.290 e. The molecule has 2 unspecified atom stereocenters. The van der Waals surface area contributed by atoms with Crippen LogP contribution in [0.15, 0.2) is 89.5 Å². The molecule has 2 atom stereocenters. The highest BCUT2D eigenvalue weighted by Gasteiger charge is 2.34. The molecule has 0 saturated carbocycles. The average Bonchev–Trinajstić information content (AvgIpc) is 3.44. The molecule has 4 aromatic rings. The van der Waals surface area contributed by atoms with Gasteiger partial charge in [0, 0.05) is 12.2 Å². The lowest BCUT2D eigenvalue weighted by molar-refractivity contribution is -0.122. The van der Waals surface area contributed by atoms with Crippen molar-refractivity contribution in [2.45, 2.75) is 39.3 Å². The van der Waals surface area contributed by atoms with Gasteiger partial charge in [-0.05, 0) is 80.3 Å². The first-order chi connectivity index (χ1) is 17.9. The van der Waals surface area contributed by atoms with Crippen molar-refractivity contribution >= 4 is 17.5 Å². The molecule has 0 bridgehead atoms. The minimum atomic E-state index is -0.707. The zero-order chi connectivity index (χ0) is 25.9. The smallest absolute Gasteiger partial charge is 0.290 e. The van der Waals surface area contributed by atoms with Gasteiger partial charge in [0.15, 0.2) is 11.9 Å². The van der Waals surface area contributed by atoms with E-state index in [2.05, 4.69) is 11.4 Å². The highest BCUT2D eigenvalue weighted by molar-refractivity contribution is 5.94. The Morgan fingerprint density at radius 3 is 2.51 bits per heavy atom. The Bertz CT molecular complexity index is 1410. The largest absolute Gasteiger partial charge is 0.481 e. The molecular weight excluding hydrogens is 464 g/mol. The van der Waals surface area contributed by atoms with Crippen LogP contribution in [0.3, 0.4) is 0 Å². The highest BCUT2D eigenvalue weighted by atomic mass is 16.5. The van der Waals surface area contributed by atoms with Crippen molar-refractivity contribution in [2.24, 2.45) is 0 Å². The number of furan rings is 1. The van der Waals surface area contributed by atoms with Gasteiger partial charge in [-0.2, -0.15) is 0 Å². The van der Waals surface area contributed by atoms with Gasteiger partial charge in [0.25, 0.3) is 11.8 Å². The number of hydrogen-bond donors (Lipinski definition) is 1. The lowest BCUT2D eigenvalue weighted by atomic mass is 9.87. The minimum absolute atomic E-state index is 0.153. The van der Waals surface area contributed by atoms with Crippen molar-refractivity contribution in [1.29, 1.82) is 0 Å². The number of ether oxygens (including phenoxy) is 1. The molecule has 1 aliphatic heterocycles. The Labute approximate surface area is 216 Å². The molecule has 1 aliphatic rings. The summed E-state index contributed by atoms with van der Waals surface area (Å²) < 4.78 is 11.5. The van der Waals surface area contributed by atoms with E-state index in [1.807, 2.05) is 79.4 Å². The van der Waals surface area contributed by atoms with Crippen LogP contribution in [0.5, 0.6) is 5.75 Å². The molecule has 0 aliphatic carbocycles. The van der Waals surface area contributed by atoms with Crippen molar-refractivity contribution in [2.75, 3.05) is 11.9 Å². The third-order valence-corrected chi connectivity index (χ3v) is 6.70. The number of carbonyl (C=O) groups excluding carboxylic acids is 2. The second-order valence-electron chi connectivity index (χ2n) is 9.52. The summed E-state index contributed by atoms with van der Waals surface area (Å²) >= 11 is 0. The first-order valence-corrected chi connectivity index (χ1v) is 12.5. The summed E-state index contributed by atoms with van der Waals surface area (Å²) in [6, 6.07) is 24.8. The number of nitrogens with one attached hydrogen (secondary N) is 1. The van der Waals surface area contributed by atoms with Gasteiger partial charge in [0.2, 0.25) is 0 Å². The summed E-state index contributed by atoms with van der Waals surface area (Å²) in [6.07, 6.45) is 1.52. The zero-order valence-electron chi connectivity index (χ0n) is 21.2. The number of carbonyl (C=O) groups is 2. The van der Waals surface area contributed by atoms with Crippen LogP contribution in [-0.4, -0.2) is 29.4 Å². The molecular formula is C31H30N2O4. The Kier molecular flexibility index (Phi) is 6.82. The third-order valence-electron chi connectivity index (χ3n) is 6.70. The van der Waals surface area contributed by atoms with Crippen LogP contribution in [0, 0.1) is 13.8 Å². The van der Waals surface area contributed by atoms with Gasteiger partial charge >= 0.3 is 0 Å². The van der Waals surface area contributed by atoms with E-state index in [-0.39, 0.29) is 17.9 Å². The number of anilines is 1. The molecule has 2 heterocycles. The fourth-order valence-electron chi connectivity index (χ4n) is 4.77. The van der Waals surface area contributed by atoms with Gasteiger partial charge in [-0.15, -0.1) is 0 Å². The maximum absolute atomic E-state index is 13.4. The molecule has 6 heteroatoms. The van der Waals surface area contributed by atoms with Crippen LogP contribution in [0.4, 0.5) is 5.69 Å². The lowest BCUT2D eigenvalue weighted by Gasteiger charge is -2.37. The number of nitrogens with zero attached hydrogens (tertiary/aromatic N) is 1. The average molecular weight is 495 g/mol. The zero-order valence-corrected chi connectivity index (χ0v) is 21.2. The predicted octanol–water partition coefficient (Wildman–Crippen LogP) is 6.09. The summed E-state index contributed by atoms with van der Waals surface area (Å²) in [7, 11) is 0. The van der Waals surface area contributed by atoms with E-state index >= 15 is 0 Å². The Morgan fingerprint density at radius 1 is 0.973 bits per heavy atom. The fraction of sp³-hybridized carbons (Fsp3) is 0.226. The fourth-order valence-corrected chi connectivity index (χ4v) is 4.77. The lowest BCUT2D eigenvalue weighted by Crippen LogP contribution is -2.40. The highest BCUT2D eigenvalue weighted by Crippen LogP contribution is 2.38. The molecule has 1 aromatic heterocycles. The molecule has 1 N–H and O–H groups in total. The van der Waals surface area contributed by atoms with Crippen LogP contribution in [0.25, 0.3) is 0 Å². The topological polar surface area (TPSA) is 71.8 Å². The maximum atomic E-state index is 13.4. The van der Waals surface area contributed by atoms with Gasteiger partial charge < -0.3 is 19.4 Å². The van der Waals surface area contributed by atoms with Crippen LogP contribution < -0.4 is 10.1 Å². The van der Waals surface area contributed by atoms with Gasteiger partial charge in [-0.25, -0.2) is 0 Å². The quantitative estimate of drug-likeness (QED) is 0.352. The van der Waals surface area contributed by atoms with Gasteiger partial charge in [-0.3, -0.25) is 9.59 Å². The number of fused-ring (bicyclic) bond motifs is 1. The molecule has 37 heavy (non-hydrogen) atoms. The van der Waals surface area contributed by atoms with Gasteiger partial charge in [-0.1, -0.05) is 53.6 Å². The van der Waals surface area contributed by atoms with Crippen LogP contribution in [0.1, 0.15) is 51.3 Å². The summed E-state index contributed by atoms with van der Waals surface area (Å²) in [4.78, 5) is 28.1. The summed E-state index contributed by atoms with van der Waals surface area (Å²) in [5.74, 6) is 0.510. The molecule has 0 fully saturated rings. The van der Waals surface area contributed by atoms with E-state index < -0.39 is 6.10 Å². The first kappa shape index (κ1) is 24.4. The number of hydrogen-bond acceptors (Lipinski definition) is 4. The SMILES string of the molecule is Cc1ccc(NC(=O)C(C)Oc2ccc3c(c2)C(c2cccc(C)c2)N(C(=O)c2ccco2)CC3)cc1. The van der Waals surface area contributed by atoms with E-state index in [0.717, 1.165) is 33.5 Å². The van der Waals surface area contributed by atoms with E-state index in [1.165, 1.54) is 6.26 Å².